The maximum atomic E-state index is 13.8. The average molecular weight is 569 g/mol. The highest BCUT2D eigenvalue weighted by atomic mass is 16.5. The van der Waals surface area contributed by atoms with Gasteiger partial charge >= 0.3 is 11.9 Å². The molecule has 0 aliphatic heterocycles. The molecular weight excluding hydrogens is 520 g/mol. The van der Waals surface area contributed by atoms with Gasteiger partial charge in [-0.2, -0.15) is 0 Å². The minimum Gasteiger partial charge on any atom is -0.462 e. The smallest absolute Gasteiger partial charge is 0.339 e. The second kappa shape index (κ2) is 16.3. The van der Waals surface area contributed by atoms with Crippen LogP contribution in [0.3, 0.4) is 0 Å². The molecule has 224 valence electrons. The van der Waals surface area contributed by atoms with Crippen LogP contribution in [0.15, 0.2) is 60.2 Å². The topological polar surface area (TPSA) is 52.6 Å². The molecule has 1 unspecified atom stereocenters. The summed E-state index contributed by atoms with van der Waals surface area (Å²) in [7, 11) is 0. The number of unbranched alkanes of at least 4 members (excludes halogenated alkanes) is 10. The van der Waals surface area contributed by atoms with Crippen molar-refractivity contribution in [3.63, 3.8) is 0 Å². The number of benzene rings is 3. The van der Waals surface area contributed by atoms with Crippen LogP contribution in [0.25, 0.3) is 16.8 Å². The molecule has 0 aromatic heterocycles. The summed E-state index contributed by atoms with van der Waals surface area (Å²) in [5, 5.41) is 2.36. The van der Waals surface area contributed by atoms with Crippen molar-refractivity contribution < 1.29 is 19.1 Å². The third-order valence-electron chi connectivity index (χ3n) is 8.41. The summed E-state index contributed by atoms with van der Waals surface area (Å²) in [5.41, 5.74) is 4.89. The van der Waals surface area contributed by atoms with E-state index in [-0.39, 0.29) is 5.92 Å². The lowest BCUT2D eigenvalue weighted by Gasteiger charge is -2.28. The van der Waals surface area contributed by atoms with E-state index in [9.17, 15) is 9.59 Å². The van der Waals surface area contributed by atoms with Crippen molar-refractivity contribution in [3.8, 4) is 0 Å². The van der Waals surface area contributed by atoms with Gasteiger partial charge in [0.15, 0.2) is 0 Å². The average Bonchev–Trinajstić information content (AvgIpc) is 3.00. The highest BCUT2D eigenvalue weighted by Gasteiger charge is 2.31. The molecule has 0 spiro atoms. The van der Waals surface area contributed by atoms with Crippen molar-refractivity contribution >= 4 is 28.8 Å². The minimum atomic E-state index is -0.451. The minimum absolute atomic E-state index is 0.161. The molecule has 0 bridgehead atoms. The molecule has 3 aromatic rings. The third kappa shape index (κ3) is 7.91. The Morgan fingerprint density at radius 3 is 1.86 bits per heavy atom. The van der Waals surface area contributed by atoms with Crippen LogP contribution in [-0.2, 0) is 9.47 Å². The van der Waals surface area contributed by atoms with E-state index in [1.807, 2.05) is 12.1 Å². The normalized spacial score (nSPS) is 14.1. The molecule has 0 N–H and O–H groups in total. The van der Waals surface area contributed by atoms with Crippen LogP contribution in [0.2, 0.25) is 0 Å². The van der Waals surface area contributed by atoms with Crippen molar-refractivity contribution in [1.29, 1.82) is 0 Å². The summed E-state index contributed by atoms with van der Waals surface area (Å²) in [6.07, 6.45) is 15.5. The first-order valence-electron chi connectivity index (χ1n) is 16.2. The van der Waals surface area contributed by atoms with Crippen LogP contribution in [0.4, 0.5) is 0 Å². The number of ether oxygens (including phenoxy) is 2. The molecule has 4 rings (SSSR count). The Morgan fingerprint density at radius 1 is 0.643 bits per heavy atom. The third-order valence-corrected chi connectivity index (χ3v) is 8.41. The van der Waals surface area contributed by atoms with Crippen molar-refractivity contribution in [2.75, 3.05) is 13.2 Å². The lowest BCUT2D eigenvalue weighted by Crippen LogP contribution is -2.20. The summed E-state index contributed by atoms with van der Waals surface area (Å²) < 4.78 is 11.6. The van der Waals surface area contributed by atoms with Crippen LogP contribution < -0.4 is 0 Å². The van der Waals surface area contributed by atoms with Gasteiger partial charge in [-0.25, -0.2) is 9.59 Å². The Bertz CT molecular complexity index is 1360. The van der Waals surface area contributed by atoms with Gasteiger partial charge in [0.25, 0.3) is 0 Å². The molecule has 1 aliphatic rings. The summed E-state index contributed by atoms with van der Waals surface area (Å²) in [6, 6.07) is 18.2. The zero-order valence-corrected chi connectivity index (χ0v) is 25.9. The molecule has 4 heteroatoms. The van der Waals surface area contributed by atoms with E-state index in [0.717, 1.165) is 55.2 Å². The molecule has 3 aromatic carbocycles. The van der Waals surface area contributed by atoms with Gasteiger partial charge < -0.3 is 9.47 Å². The van der Waals surface area contributed by atoms with Crippen molar-refractivity contribution in [2.24, 2.45) is 0 Å². The molecule has 42 heavy (non-hydrogen) atoms. The molecule has 0 radical (unpaired) electrons. The fourth-order valence-corrected chi connectivity index (χ4v) is 6.20. The number of rotatable bonds is 17. The van der Waals surface area contributed by atoms with E-state index in [4.69, 9.17) is 9.47 Å². The summed E-state index contributed by atoms with van der Waals surface area (Å²) in [6.45, 7) is 7.22. The van der Waals surface area contributed by atoms with Gasteiger partial charge in [0.2, 0.25) is 0 Å². The predicted octanol–water partition coefficient (Wildman–Crippen LogP) is 10.4. The second-order valence-corrected chi connectivity index (χ2v) is 11.7. The monoisotopic (exact) mass is 568 g/mol. The van der Waals surface area contributed by atoms with E-state index in [1.54, 1.807) is 6.07 Å². The zero-order chi connectivity index (χ0) is 29.7. The Balaban J connectivity index is 1.60. The second-order valence-electron chi connectivity index (χ2n) is 11.7. The Morgan fingerprint density at radius 2 is 1.19 bits per heavy atom. The molecule has 1 aliphatic carbocycles. The van der Waals surface area contributed by atoms with Gasteiger partial charge in [-0.1, -0.05) is 138 Å². The van der Waals surface area contributed by atoms with Crippen molar-refractivity contribution in [3.05, 3.63) is 88.0 Å². The van der Waals surface area contributed by atoms with E-state index < -0.39 is 11.9 Å². The molecule has 1 atom stereocenters. The van der Waals surface area contributed by atoms with Crippen LogP contribution in [0.1, 0.15) is 141 Å². The van der Waals surface area contributed by atoms with Crippen molar-refractivity contribution in [2.45, 2.75) is 104 Å². The number of hydrogen-bond donors (Lipinski definition) is 0. The Hall–Kier alpha value is -3.40. The fraction of sp³-hybridized carbons (Fsp3) is 0.474. The number of allylic oxidation sites excluding steroid dienone is 1. The van der Waals surface area contributed by atoms with Gasteiger partial charge in [0.1, 0.15) is 0 Å². The first-order chi connectivity index (χ1) is 20.6. The molecule has 0 heterocycles. The fourth-order valence-electron chi connectivity index (χ4n) is 6.20. The largest absolute Gasteiger partial charge is 0.462 e. The van der Waals surface area contributed by atoms with E-state index in [0.29, 0.717) is 24.3 Å². The summed E-state index contributed by atoms with van der Waals surface area (Å²) >= 11 is 0. The molecule has 0 saturated carbocycles. The molecular formula is C38H48O4. The SMILES string of the molecule is CCCCCCCCOC(=O)c1cccc(C2C(C)=Cc3cccc4cccc2c34)c1C(=O)OCCCCCCCC. The number of carbonyl (C=O) groups is 2. The standard InChI is InChI=1S/C38H48O4/c1-4-6-8-10-12-14-25-41-37(39)33-24-18-23-32(36(33)38(40)42-26-15-13-11-9-7-5-2)34-28(3)27-30-21-16-19-29-20-17-22-31(34)35(29)30/h16-24,27,34H,4-15,25-26H2,1-3H3. The number of esters is 2. The summed E-state index contributed by atoms with van der Waals surface area (Å²) in [5.74, 6) is -1.05. The molecule has 4 nitrogen and oxygen atoms in total. The molecule has 0 saturated heterocycles. The van der Waals surface area contributed by atoms with Gasteiger partial charge in [-0.3, -0.25) is 0 Å². The Labute approximate surface area is 252 Å². The first kappa shape index (κ1) is 31.5. The predicted molar refractivity (Wildman–Crippen MR) is 173 cm³/mol. The van der Waals surface area contributed by atoms with Crippen molar-refractivity contribution in [1.82, 2.24) is 0 Å². The van der Waals surface area contributed by atoms with Crippen LogP contribution in [0, 0.1) is 0 Å². The number of hydrogen-bond acceptors (Lipinski definition) is 4. The highest BCUT2D eigenvalue weighted by Crippen LogP contribution is 2.44. The highest BCUT2D eigenvalue weighted by molar-refractivity contribution is 6.05. The van der Waals surface area contributed by atoms with Gasteiger partial charge in [0, 0.05) is 5.92 Å². The zero-order valence-electron chi connectivity index (χ0n) is 25.9. The molecule has 0 amide bonds. The molecule has 0 fully saturated rings. The van der Waals surface area contributed by atoms with E-state index >= 15 is 0 Å². The lowest BCUT2D eigenvalue weighted by molar-refractivity contribution is 0.0449. The quantitative estimate of drug-likeness (QED) is 0.120. The first-order valence-corrected chi connectivity index (χ1v) is 16.2. The lowest BCUT2D eigenvalue weighted by atomic mass is 9.76. The van der Waals surface area contributed by atoms with Crippen LogP contribution >= 0.6 is 0 Å². The van der Waals surface area contributed by atoms with Gasteiger partial charge in [-0.05, 0) is 53.3 Å². The summed E-state index contributed by atoms with van der Waals surface area (Å²) in [4.78, 5) is 27.2. The van der Waals surface area contributed by atoms with E-state index in [2.05, 4.69) is 63.2 Å². The Kier molecular flexibility index (Phi) is 12.2. The number of carbonyl (C=O) groups excluding carboxylic acids is 2. The van der Waals surface area contributed by atoms with Gasteiger partial charge in [-0.15, -0.1) is 0 Å². The van der Waals surface area contributed by atoms with Gasteiger partial charge in [0.05, 0.1) is 24.3 Å². The van der Waals surface area contributed by atoms with Crippen LogP contribution in [-0.4, -0.2) is 25.2 Å². The van der Waals surface area contributed by atoms with Crippen LogP contribution in [0.5, 0.6) is 0 Å². The maximum Gasteiger partial charge on any atom is 0.339 e. The maximum absolute atomic E-state index is 13.8. The van der Waals surface area contributed by atoms with E-state index in [1.165, 1.54) is 54.9 Å².